The highest BCUT2D eigenvalue weighted by molar-refractivity contribution is 6.25. The van der Waals surface area contributed by atoms with Gasteiger partial charge < -0.3 is 0 Å². The van der Waals surface area contributed by atoms with E-state index in [0.29, 0.717) is 0 Å². The molecule has 0 saturated heterocycles. The summed E-state index contributed by atoms with van der Waals surface area (Å²) in [5.41, 5.74) is 2.71. The Kier molecular flexibility index (Phi) is 2.18. The molecule has 0 fully saturated rings. The Bertz CT molecular complexity index is 1340. The quantitative estimate of drug-likeness (QED) is 0.214. The van der Waals surface area contributed by atoms with E-state index in [1.54, 1.807) is 0 Å². The van der Waals surface area contributed by atoms with E-state index in [2.05, 4.69) is 84.9 Å². The van der Waals surface area contributed by atoms with Crippen molar-refractivity contribution >= 4 is 55.2 Å². The standard InChI is InChI=1S/C24H14/c1-2-7-19-15(4-1)8-12-21-20(19)11-10-18-14-17-6-3-5-16-9-13-22(23(16)17)24(18)21/h1-14H. The number of benzene rings is 5. The molecule has 1 aliphatic rings. The number of rotatable bonds is 0. The fraction of sp³-hybridized carbons (Fsp3) is 0. The van der Waals surface area contributed by atoms with Crippen LogP contribution in [0.5, 0.6) is 0 Å². The molecule has 110 valence electrons. The minimum Gasteiger partial charge on any atom is -0.0616 e. The van der Waals surface area contributed by atoms with Crippen molar-refractivity contribution in [2.45, 2.75) is 0 Å². The topological polar surface area (TPSA) is 0 Å². The monoisotopic (exact) mass is 302 g/mol. The van der Waals surface area contributed by atoms with Gasteiger partial charge in [-0.3, -0.25) is 0 Å². The third kappa shape index (κ3) is 1.43. The van der Waals surface area contributed by atoms with Crippen LogP contribution >= 0.6 is 0 Å². The van der Waals surface area contributed by atoms with Crippen molar-refractivity contribution in [3.8, 4) is 0 Å². The largest absolute Gasteiger partial charge is 0.0616 e. The van der Waals surface area contributed by atoms with Gasteiger partial charge in [0.1, 0.15) is 0 Å². The molecule has 0 atom stereocenters. The molecule has 0 aliphatic heterocycles. The maximum absolute atomic E-state index is 2.33. The Morgan fingerprint density at radius 3 is 2.25 bits per heavy atom. The Balaban J connectivity index is 1.93. The fourth-order valence-corrected chi connectivity index (χ4v) is 4.32. The lowest BCUT2D eigenvalue weighted by atomic mass is 9.92. The Hall–Kier alpha value is -3.12. The first-order valence-corrected chi connectivity index (χ1v) is 8.38. The van der Waals surface area contributed by atoms with Gasteiger partial charge in [-0.25, -0.2) is 0 Å². The van der Waals surface area contributed by atoms with Gasteiger partial charge in [0.05, 0.1) is 0 Å². The zero-order valence-electron chi connectivity index (χ0n) is 13.1. The van der Waals surface area contributed by atoms with Crippen molar-refractivity contribution in [1.29, 1.82) is 0 Å². The molecule has 24 heavy (non-hydrogen) atoms. The molecule has 1 aliphatic carbocycles. The van der Waals surface area contributed by atoms with Crippen molar-refractivity contribution in [2.24, 2.45) is 0 Å². The second kappa shape index (κ2) is 4.24. The maximum Gasteiger partial charge on any atom is -0.00259 e. The van der Waals surface area contributed by atoms with Crippen molar-refractivity contribution in [1.82, 2.24) is 0 Å². The van der Waals surface area contributed by atoms with Crippen molar-refractivity contribution < 1.29 is 0 Å². The summed E-state index contributed by atoms with van der Waals surface area (Å²) in [5, 5.41) is 10.8. The molecule has 5 aromatic rings. The van der Waals surface area contributed by atoms with Crippen LogP contribution in [0.15, 0.2) is 72.8 Å². The van der Waals surface area contributed by atoms with Crippen LogP contribution in [-0.4, -0.2) is 0 Å². The molecule has 0 aromatic heterocycles. The predicted molar refractivity (Wildman–Crippen MR) is 105 cm³/mol. The zero-order valence-corrected chi connectivity index (χ0v) is 13.1. The van der Waals surface area contributed by atoms with Crippen LogP contribution < -0.4 is 0 Å². The number of hydrogen-bond acceptors (Lipinski definition) is 0. The van der Waals surface area contributed by atoms with Gasteiger partial charge >= 0.3 is 0 Å². The number of fused-ring (bicyclic) bond motifs is 6. The molecule has 0 heteroatoms. The van der Waals surface area contributed by atoms with Crippen molar-refractivity contribution in [3.63, 3.8) is 0 Å². The van der Waals surface area contributed by atoms with E-state index in [1.165, 1.54) is 54.2 Å². The average Bonchev–Trinajstić information content (AvgIpc) is 3.07. The molecule has 0 radical (unpaired) electrons. The maximum atomic E-state index is 2.33. The fourth-order valence-electron chi connectivity index (χ4n) is 4.32. The summed E-state index contributed by atoms with van der Waals surface area (Å²) in [6, 6.07) is 26.7. The summed E-state index contributed by atoms with van der Waals surface area (Å²) < 4.78 is 0. The molecule has 0 amide bonds. The first kappa shape index (κ1) is 12.3. The highest BCUT2D eigenvalue weighted by Crippen LogP contribution is 2.41. The van der Waals surface area contributed by atoms with Crippen LogP contribution in [0.4, 0.5) is 0 Å². The lowest BCUT2D eigenvalue weighted by Gasteiger charge is -2.12. The Morgan fingerprint density at radius 2 is 1.25 bits per heavy atom. The van der Waals surface area contributed by atoms with Crippen LogP contribution in [0, 0.1) is 0 Å². The van der Waals surface area contributed by atoms with Gasteiger partial charge in [0.25, 0.3) is 0 Å². The van der Waals surface area contributed by atoms with E-state index in [0.717, 1.165) is 0 Å². The van der Waals surface area contributed by atoms with Gasteiger partial charge in [0.2, 0.25) is 0 Å². The minimum absolute atomic E-state index is 1.30. The van der Waals surface area contributed by atoms with Gasteiger partial charge in [-0.15, -0.1) is 0 Å². The second-order valence-electron chi connectivity index (χ2n) is 6.61. The Morgan fingerprint density at radius 1 is 0.458 bits per heavy atom. The lowest BCUT2D eigenvalue weighted by Crippen LogP contribution is -1.86. The molecule has 0 spiro atoms. The van der Waals surface area contributed by atoms with Crippen LogP contribution in [0.1, 0.15) is 11.1 Å². The van der Waals surface area contributed by atoms with E-state index in [-0.39, 0.29) is 0 Å². The van der Waals surface area contributed by atoms with Crippen LogP contribution in [0.3, 0.4) is 0 Å². The van der Waals surface area contributed by atoms with Gasteiger partial charge in [0.15, 0.2) is 0 Å². The van der Waals surface area contributed by atoms with E-state index < -0.39 is 0 Å². The minimum atomic E-state index is 1.30. The second-order valence-corrected chi connectivity index (χ2v) is 6.61. The molecule has 0 unspecified atom stereocenters. The van der Waals surface area contributed by atoms with E-state index in [1.807, 2.05) is 0 Å². The summed E-state index contributed by atoms with van der Waals surface area (Å²) in [6.45, 7) is 0. The van der Waals surface area contributed by atoms with Gasteiger partial charge in [-0.2, -0.15) is 0 Å². The number of hydrogen-bond donors (Lipinski definition) is 0. The molecule has 0 nitrogen and oxygen atoms in total. The smallest absolute Gasteiger partial charge is 0.00259 e. The SMILES string of the molecule is C1=Cc2c3c1cccc3cc1ccc3c4ccccc4ccc3c21. The Labute approximate surface area is 139 Å². The molecule has 0 N–H and O–H groups in total. The average molecular weight is 302 g/mol. The molecule has 6 rings (SSSR count). The summed E-state index contributed by atoms with van der Waals surface area (Å²) in [6.07, 6.45) is 4.53. The van der Waals surface area contributed by atoms with Crippen LogP contribution in [0.2, 0.25) is 0 Å². The third-order valence-corrected chi connectivity index (χ3v) is 5.37. The molecule has 0 saturated carbocycles. The van der Waals surface area contributed by atoms with E-state index in [9.17, 15) is 0 Å². The third-order valence-electron chi connectivity index (χ3n) is 5.37. The summed E-state index contributed by atoms with van der Waals surface area (Å²) in [5.74, 6) is 0. The highest BCUT2D eigenvalue weighted by Gasteiger charge is 2.15. The molecule has 5 aromatic carbocycles. The molecule has 0 heterocycles. The summed E-state index contributed by atoms with van der Waals surface area (Å²) in [7, 11) is 0. The van der Waals surface area contributed by atoms with Crippen molar-refractivity contribution in [2.75, 3.05) is 0 Å². The molecule has 0 bridgehead atoms. The van der Waals surface area contributed by atoms with Crippen LogP contribution in [0.25, 0.3) is 55.2 Å². The van der Waals surface area contributed by atoms with Gasteiger partial charge in [0, 0.05) is 0 Å². The first-order valence-electron chi connectivity index (χ1n) is 8.38. The van der Waals surface area contributed by atoms with Gasteiger partial charge in [-0.1, -0.05) is 78.9 Å². The molecular formula is C24H14. The lowest BCUT2D eigenvalue weighted by molar-refractivity contribution is 1.76. The van der Waals surface area contributed by atoms with E-state index >= 15 is 0 Å². The normalized spacial score (nSPS) is 12.8. The predicted octanol–water partition coefficient (Wildman–Crippen LogP) is 6.78. The van der Waals surface area contributed by atoms with Crippen LogP contribution in [-0.2, 0) is 0 Å². The van der Waals surface area contributed by atoms with Gasteiger partial charge in [-0.05, 0) is 60.3 Å². The van der Waals surface area contributed by atoms with Crippen molar-refractivity contribution in [3.05, 3.63) is 83.9 Å². The summed E-state index contributed by atoms with van der Waals surface area (Å²) >= 11 is 0. The molecular weight excluding hydrogens is 288 g/mol. The highest BCUT2D eigenvalue weighted by atomic mass is 14.2. The zero-order chi connectivity index (χ0) is 15.7. The van der Waals surface area contributed by atoms with E-state index in [4.69, 9.17) is 0 Å². The summed E-state index contributed by atoms with van der Waals surface area (Å²) in [4.78, 5) is 0. The first-order chi connectivity index (χ1) is 11.9.